The van der Waals surface area contributed by atoms with Crippen LogP contribution in [0.4, 0.5) is 8.78 Å². The average molecular weight is 203 g/mol. The molecule has 0 bridgehead atoms. The van der Waals surface area contributed by atoms with Gasteiger partial charge in [0, 0.05) is 10.9 Å². The molecule has 0 amide bonds. The van der Waals surface area contributed by atoms with Gasteiger partial charge in [0.25, 0.3) is 6.43 Å². The first-order valence-corrected chi connectivity index (χ1v) is 4.44. The number of rotatable bonds is 1. The summed E-state index contributed by atoms with van der Waals surface area (Å²) in [6, 6.07) is 11.6. The van der Waals surface area contributed by atoms with E-state index in [0.29, 0.717) is 16.3 Å². The molecule has 15 heavy (non-hydrogen) atoms. The summed E-state index contributed by atoms with van der Waals surface area (Å²) in [6.45, 7) is 0. The highest BCUT2D eigenvalue weighted by molar-refractivity contribution is 5.91. The number of halogens is 2. The molecule has 0 spiro atoms. The number of nitrogens with zero attached hydrogens (tertiary/aromatic N) is 1. The Morgan fingerprint density at radius 3 is 2.33 bits per heavy atom. The highest BCUT2D eigenvalue weighted by Crippen LogP contribution is 2.29. The van der Waals surface area contributed by atoms with Gasteiger partial charge in [-0.15, -0.1) is 0 Å². The van der Waals surface area contributed by atoms with Crippen LogP contribution in [0.15, 0.2) is 36.4 Å². The summed E-state index contributed by atoms with van der Waals surface area (Å²) in [5.41, 5.74) is 0.216. The van der Waals surface area contributed by atoms with Crippen molar-refractivity contribution in [1.82, 2.24) is 0 Å². The first kappa shape index (κ1) is 9.60. The summed E-state index contributed by atoms with van der Waals surface area (Å²) in [7, 11) is 0. The first-order chi connectivity index (χ1) is 7.24. The van der Waals surface area contributed by atoms with Crippen molar-refractivity contribution in [2.75, 3.05) is 0 Å². The SMILES string of the molecule is N#Cc1cccc2cccc(C(F)F)c12. The topological polar surface area (TPSA) is 23.8 Å². The standard InChI is InChI=1S/C12H7F2N/c13-12(14)10-6-2-4-8-3-1-5-9(7-15)11(8)10/h1-6,12H. The van der Waals surface area contributed by atoms with Crippen molar-refractivity contribution in [3.63, 3.8) is 0 Å². The zero-order valence-electron chi connectivity index (χ0n) is 7.74. The number of fused-ring (bicyclic) bond motifs is 1. The average Bonchev–Trinajstić information content (AvgIpc) is 2.27. The van der Waals surface area contributed by atoms with Crippen LogP contribution in [0.25, 0.3) is 10.8 Å². The van der Waals surface area contributed by atoms with Crippen molar-refractivity contribution in [3.05, 3.63) is 47.5 Å². The Kier molecular flexibility index (Phi) is 2.34. The molecule has 0 saturated carbocycles. The summed E-state index contributed by atoms with van der Waals surface area (Å²) >= 11 is 0. The number of nitriles is 1. The third kappa shape index (κ3) is 1.55. The minimum Gasteiger partial charge on any atom is -0.205 e. The minimum atomic E-state index is -2.55. The van der Waals surface area contributed by atoms with E-state index < -0.39 is 6.43 Å². The van der Waals surface area contributed by atoms with Crippen LogP contribution in [0.3, 0.4) is 0 Å². The number of alkyl halides is 2. The van der Waals surface area contributed by atoms with Crippen LogP contribution < -0.4 is 0 Å². The fourth-order valence-electron chi connectivity index (χ4n) is 1.65. The van der Waals surface area contributed by atoms with Gasteiger partial charge < -0.3 is 0 Å². The van der Waals surface area contributed by atoms with Crippen LogP contribution in [0.1, 0.15) is 17.6 Å². The Balaban J connectivity index is 2.89. The van der Waals surface area contributed by atoms with E-state index in [2.05, 4.69) is 0 Å². The van der Waals surface area contributed by atoms with E-state index in [4.69, 9.17) is 5.26 Å². The quantitative estimate of drug-likeness (QED) is 0.694. The molecule has 0 unspecified atom stereocenters. The molecule has 74 valence electrons. The van der Waals surface area contributed by atoms with Crippen LogP contribution in [-0.4, -0.2) is 0 Å². The lowest BCUT2D eigenvalue weighted by molar-refractivity contribution is 0.153. The molecule has 3 heteroatoms. The van der Waals surface area contributed by atoms with Crippen molar-refractivity contribution < 1.29 is 8.78 Å². The van der Waals surface area contributed by atoms with Crippen molar-refractivity contribution in [1.29, 1.82) is 5.26 Å². The van der Waals surface area contributed by atoms with Gasteiger partial charge in [-0.25, -0.2) is 8.78 Å². The highest BCUT2D eigenvalue weighted by atomic mass is 19.3. The largest absolute Gasteiger partial charge is 0.264 e. The minimum absolute atomic E-state index is 0.0790. The molecule has 2 rings (SSSR count). The number of benzene rings is 2. The van der Waals surface area contributed by atoms with E-state index in [1.807, 2.05) is 6.07 Å². The molecule has 0 aliphatic carbocycles. The Labute approximate surface area is 85.6 Å². The highest BCUT2D eigenvalue weighted by Gasteiger charge is 2.13. The lowest BCUT2D eigenvalue weighted by Gasteiger charge is -2.06. The molecule has 0 aliphatic rings. The van der Waals surface area contributed by atoms with Gasteiger partial charge >= 0.3 is 0 Å². The summed E-state index contributed by atoms with van der Waals surface area (Å²) in [5.74, 6) is 0. The fourth-order valence-corrected chi connectivity index (χ4v) is 1.65. The van der Waals surface area contributed by atoms with Crippen LogP contribution >= 0.6 is 0 Å². The van der Waals surface area contributed by atoms with Gasteiger partial charge in [-0.1, -0.05) is 30.3 Å². The molecular weight excluding hydrogens is 196 g/mol. The zero-order chi connectivity index (χ0) is 10.8. The van der Waals surface area contributed by atoms with Crippen molar-refractivity contribution in [2.45, 2.75) is 6.43 Å². The first-order valence-electron chi connectivity index (χ1n) is 4.44. The zero-order valence-corrected chi connectivity index (χ0v) is 7.74. The molecule has 0 N–H and O–H groups in total. The lowest BCUT2D eigenvalue weighted by atomic mass is 10.0. The predicted octanol–water partition coefficient (Wildman–Crippen LogP) is 3.65. The Morgan fingerprint density at radius 1 is 1.07 bits per heavy atom. The monoisotopic (exact) mass is 203 g/mol. The Hall–Kier alpha value is -1.95. The predicted molar refractivity (Wildman–Crippen MR) is 53.6 cm³/mol. The van der Waals surface area contributed by atoms with Gasteiger partial charge in [-0.2, -0.15) is 5.26 Å². The maximum atomic E-state index is 12.7. The number of hydrogen-bond acceptors (Lipinski definition) is 1. The molecule has 0 aliphatic heterocycles. The van der Waals surface area contributed by atoms with E-state index in [0.717, 1.165) is 0 Å². The van der Waals surface area contributed by atoms with E-state index in [1.165, 1.54) is 6.07 Å². The summed E-state index contributed by atoms with van der Waals surface area (Å²) in [5, 5.41) is 9.88. The van der Waals surface area contributed by atoms with Crippen LogP contribution in [0, 0.1) is 11.3 Å². The normalized spacial score (nSPS) is 10.5. The molecule has 0 aromatic heterocycles. The van der Waals surface area contributed by atoms with Gasteiger partial charge in [-0.3, -0.25) is 0 Å². The molecule has 2 aromatic carbocycles. The fraction of sp³-hybridized carbons (Fsp3) is 0.0833. The third-order valence-corrected chi connectivity index (χ3v) is 2.29. The molecular formula is C12H7F2N. The van der Waals surface area contributed by atoms with E-state index >= 15 is 0 Å². The summed E-state index contributed by atoms with van der Waals surface area (Å²) in [4.78, 5) is 0. The van der Waals surface area contributed by atoms with E-state index in [1.54, 1.807) is 30.3 Å². The van der Waals surface area contributed by atoms with Gasteiger partial charge in [-0.05, 0) is 11.5 Å². The third-order valence-electron chi connectivity index (χ3n) is 2.29. The second-order valence-corrected chi connectivity index (χ2v) is 3.16. The van der Waals surface area contributed by atoms with Crippen molar-refractivity contribution in [2.24, 2.45) is 0 Å². The molecule has 0 atom stereocenters. The molecule has 0 radical (unpaired) electrons. The van der Waals surface area contributed by atoms with Crippen molar-refractivity contribution >= 4 is 10.8 Å². The van der Waals surface area contributed by atoms with Crippen LogP contribution in [-0.2, 0) is 0 Å². The summed E-state index contributed by atoms with van der Waals surface area (Å²) in [6.07, 6.45) is -2.55. The van der Waals surface area contributed by atoms with Gasteiger partial charge in [0.05, 0.1) is 11.6 Å². The van der Waals surface area contributed by atoms with Crippen LogP contribution in [0.5, 0.6) is 0 Å². The Morgan fingerprint density at radius 2 is 1.73 bits per heavy atom. The van der Waals surface area contributed by atoms with Crippen LogP contribution in [0.2, 0.25) is 0 Å². The Bertz CT molecular complexity index is 536. The molecule has 2 aromatic rings. The smallest absolute Gasteiger partial charge is 0.205 e. The second-order valence-electron chi connectivity index (χ2n) is 3.16. The molecule has 0 heterocycles. The summed E-state index contributed by atoms with van der Waals surface area (Å²) < 4.78 is 25.4. The molecule has 1 nitrogen and oxygen atoms in total. The van der Waals surface area contributed by atoms with Gasteiger partial charge in [0.2, 0.25) is 0 Å². The van der Waals surface area contributed by atoms with E-state index in [-0.39, 0.29) is 5.56 Å². The molecule has 0 fully saturated rings. The molecule has 0 saturated heterocycles. The van der Waals surface area contributed by atoms with Crippen molar-refractivity contribution in [3.8, 4) is 6.07 Å². The lowest BCUT2D eigenvalue weighted by Crippen LogP contribution is -1.89. The van der Waals surface area contributed by atoms with Gasteiger partial charge in [0.1, 0.15) is 0 Å². The second kappa shape index (κ2) is 3.66. The maximum Gasteiger partial charge on any atom is 0.264 e. The number of hydrogen-bond donors (Lipinski definition) is 0. The van der Waals surface area contributed by atoms with Gasteiger partial charge in [0.15, 0.2) is 0 Å². The maximum absolute atomic E-state index is 12.7. The van der Waals surface area contributed by atoms with E-state index in [9.17, 15) is 8.78 Å².